The highest BCUT2D eigenvalue weighted by Gasteiger charge is 2.05. The van der Waals surface area contributed by atoms with E-state index in [9.17, 15) is 0 Å². The number of imidazole rings is 1. The second-order valence-corrected chi connectivity index (χ2v) is 5.02. The van der Waals surface area contributed by atoms with Crippen molar-refractivity contribution in [3.8, 4) is 0 Å². The van der Waals surface area contributed by atoms with Crippen molar-refractivity contribution in [3.63, 3.8) is 0 Å². The first-order valence-corrected chi connectivity index (χ1v) is 6.53. The van der Waals surface area contributed by atoms with Crippen molar-refractivity contribution in [2.75, 3.05) is 11.9 Å². The summed E-state index contributed by atoms with van der Waals surface area (Å²) in [5.74, 6) is 0.866. The van der Waals surface area contributed by atoms with E-state index in [1.54, 1.807) is 0 Å². The molecule has 0 aliphatic carbocycles. The molecule has 17 heavy (non-hydrogen) atoms. The molecule has 0 spiro atoms. The number of hydrogen-bond donors (Lipinski definition) is 1. The predicted molar refractivity (Wildman–Crippen MR) is 77.4 cm³/mol. The van der Waals surface area contributed by atoms with Gasteiger partial charge in [-0.05, 0) is 47.7 Å². The minimum Gasteiger partial charge on any atom is -0.370 e. The summed E-state index contributed by atoms with van der Waals surface area (Å²) in [6.07, 6.45) is 1.82. The minimum atomic E-state index is 0.862. The Morgan fingerprint density at radius 2 is 2.24 bits per heavy atom. The molecule has 0 amide bonds. The molecule has 2 aromatic heterocycles. The Morgan fingerprint density at radius 1 is 1.35 bits per heavy atom. The smallest absolute Gasteiger partial charge is 0.142 e. The molecule has 0 unspecified atom stereocenters. The Hall–Kier alpha value is -1.37. The van der Waals surface area contributed by atoms with Gasteiger partial charge in [-0.25, -0.2) is 9.97 Å². The molecule has 5 heteroatoms. The number of rotatable bonds is 2. The Balaban J connectivity index is 2.27. The summed E-state index contributed by atoms with van der Waals surface area (Å²) in [4.78, 5) is 8.95. The highest BCUT2D eigenvalue weighted by Crippen LogP contribution is 2.19. The van der Waals surface area contributed by atoms with Crippen molar-refractivity contribution in [3.05, 3.63) is 34.2 Å². The molecular formula is C12H11IN4. The van der Waals surface area contributed by atoms with Gasteiger partial charge in [-0.3, -0.25) is 4.40 Å². The van der Waals surface area contributed by atoms with E-state index in [2.05, 4.69) is 63.0 Å². The van der Waals surface area contributed by atoms with E-state index in [0.717, 1.165) is 29.0 Å². The lowest BCUT2D eigenvalue weighted by molar-refractivity contribution is 1.08. The third-order valence-corrected chi connectivity index (χ3v) is 3.29. The topological polar surface area (TPSA) is 42.2 Å². The highest BCUT2D eigenvalue weighted by molar-refractivity contribution is 14.1. The number of fused-ring (bicyclic) bond motifs is 3. The average Bonchev–Trinajstić information content (AvgIpc) is 2.65. The molecule has 0 saturated carbocycles. The van der Waals surface area contributed by atoms with Crippen molar-refractivity contribution >= 4 is 45.1 Å². The van der Waals surface area contributed by atoms with Gasteiger partial charge < -0.3 is 5.32 Å². The number of aromatic nitrogens is 3. The first kappa shape index (κ1) is 10.8. The lowest BCUT2D eigenvalue weighted by Gasteiger charge is -2.01. The van der Waals surface area contributed by atoms with Crippen LogP contribution in [-0.2, 0) is 0 Å². The van der Waals surface area contributed by atoms with Crippen molar-refractivity contribution in [2.45, 2.75) is 6.92 Å². The molecule has 0 saturated heterocycles. The van der Waals surface area contributed by atoms with Crippen molar-refractivity contribution < 1.29 is 0 Å². The monoisotopic (exact) mass is 336 g/mol. The summed E-state index contributed by atoms with van der Waals surface area (Å²) in [5, 5.41) is 3.19. The van der Waals surface area contributed by atoms with Gasteiger partial charge in [-0.2, -0.15) is 0 Å². The number of anilines is 1. The van der Waals surface area contributed by atoms with Crippen LogP contribution in [0.2, 0.25) is 0 Å². The Morgan fingerprint density at radius 3 is 3.06 bits per heavy atom. The van der Waals surface area contributed by atoms with Crippen molar-refractivity contribution in [2.24, 2.45) is 0 Å². The van der Waals surface area contributed by atoms with E-state index in [-0.39, 0.29) is 0 Å². The van der Waals surface area contributed by atoms with Gasteiger partial charge in [0.05, 0.1) is 11.0 Å². The molecule has 2 heterocycles. The first-order chi connectivity index (χ1) is 8.28. The fraction of sp³-hybridized carbons (Fsp3) is 0.167. The summed E-state index contributed by atoms with van der Waals surface area (Å²) in [6.45, 7) is 2.91. The van der Waals surface area contributed by atoms with Crippen LogP contribution in [0.1, 0.15) is 6.92 Å². The third-order valence-electron chi connectivity index (χ3n) is 2.61. The summed E-state index contributed by atoms with van der Waals surface area (Å²) >= 11 is 2.30. The second-order valence-electron chi connectivity index (χ2n) is 3.78. The van der Waals surface area contributed by atoms with Crippen LogP contribution >= 0.6 is 22.6 Å². The molecule has 0 aliphatic rings. The van der Waals surface area contributed by atoms with E-state index in [4.69, 9.17) is 0 Å². The minimum absolute atomic E-state index is 0.862. The molecule has 0 atom stereocenters. The molecule has 3 rings (SSSR count). The van der Waals surface area contributed by atoms with Crippen LogP contribution in [-0.4, -0.2) is 20.9 Å². The number of nitrogens with one attached hydrogen (secondary N) is 1. The average molecular weight is 336 g/mol. The van der Waals surface area contributed by atoms with Gasteiger partial charge in [-0.1, -0.05) is 0 Å². The van der Waals surface area contributed by atoms with E-state index in [1.807, 2.05) is 16.8 Å². The lowest BCUT2D eigenvalue weighted by atomic mass is 10.3. The van der Waals surface area contributed by atoms with Gasteiger partial charge in [0.15, 0.2) is 0 Å². The summed E-state index contributed by atoms with van der Waals surface area (Å²) in [6, 6.07) is 8.20. The van der Waals surface area contributed by atoms with Gasteiger partial charge in [-0.15, -0.1) is 0 Å². The summed E-state index contributed by atoms with van der Waals surface area (Å²) < 4.78 is 3.20. The zero-order valence-corrected chi connectivity index (χ0v) is 11.5. The van der Waals surface area contributed by atoms with Crippen LogP contribution in [0, 0.1) is 3.57 Å². The van der Waals surface area contributed by atoms with Crippen LogP contribution in [0.3, 0.4) is 0 Å². The number of benzene rings is 1. The largest absolute Gasteiger partial charge is 0.370 e. The van der Waals surface area contributed by atoms with E-state index >= 15 is 0 Å². The standard InChI is InChI=1S/C12H11IN4/c1-2-14-11-6-12-16-9-5-8(13)3-4-10(9)17(12)7-15-11/h3-7,14H,2H2,1H3/i13-2. The Labute approximate surface area is 112 Å². The van der Waals surface area contributed by atoms with Gasteiger partial charge in [0, 0.05) is 16.2 Å². The van der Waals surface area contributed by atoms with E-state index in [0.29, 0.717) is 0 Å². The summed E-state index contributed by atoms with van der Waals surface area (Å²) in [5.41, 5.74) is 3.02. The fourth-order valence-corrected chi connectivity index (χ4v) is 2.35. The highest BCUT2D eigenvalue weighted by atomic mass is 125. The molecule has 0 fully saturated rings. The van der Waals surface area contributed by atoms with E-state index in [1.165, 1.54) is 3.57 Å². The predicted octanol–water partition coefficient (Wildman–Crippen LogP) is 2.92. The van der Waals surface area contributed by atoms with Gasteiger partial charge in [0.1, 0.15) is 17.8 Å². The normalized spacial score (nSPS) is 11.2. The maximum atomic E-state index is 4.60. The molecule has 1 aromatic carbocycles. The lowest BCUT2D eigenvalue weighted by Crippen LogP contribution is -2.00. The molecule has 1 N–H and O–H groups in total. The van der Waals surface area contributed by atoms with Crippen LogP contribution < -0.4 is 5.32 Å². The number of hydrogen-bond acceptors (Lipinski definition) is 3. The molecule has 0 aliphatic heterocycles. The Bertz CT molecular complexity index is 689. The summed E-state index contributed by atoms with van der Waals surface area (Å²) in [7, 11) is 0. The van der Waals surface area contributed by atoms with Crippen LogP contribution in [0.15, 0.2) is 30.6 Å². The van der Waals surface area contributed by atoms with Crippen molar-refractivity contribution in [1.82, 2.24) is 14.4 Å². The number of halogens is 1. The van der Waals surface area contributed by atoms with E-state index < -0.39 is 0 Å². The third kappa shape index (κ3) is 1.84. The Kier molecular flexibility index (Phi) is 2.62. The molecule has 4 nitrogen and oxygen atoms in total. The molecule has 3 aromatic rings. The quantitative estimate of drug-likeness (QED) is 0.732. The fourth-order valence-electron chi connectivity index (χ4n) is 1.87. The van der Waals surface area contributed by atoms with Crippen LogP contribution in [0.25, 0.3) is 16.7 Å². The first-order valence-electron chi connectivity index (χ1n) is 5.45. The number of nitrogens with zero attached hydrogens (tertiary/aromatic N) is 3. The van der Waals surface area contributed by atoms with Gasteiger partial charge in [0.2, 0.25) is 0 Å². The maximum Gasteiger partial charge on any atom is 0.142 e. The van der Waals surface area contributed by atoms with Gasteiger partial charge >= 0.3 is 0 Å². The molecular weight excluding hydrogens is 325 g/mol. The zero-order valence-electron chi connectivity index (χ0n) is 9.31. The SMILES string of the molecule is CCNc1cc2nc3cc([125I])ccc3n2cn1. The van der Waals surface area contributed by atoms with Crippen molar-refractivity contribution in [1.29, 1.82) is 0 Å². The zero-order chi connectivity index (χ0) is 11.8. The van der Waals surface area contributed by atoms with Crippen LogP contribution in [0.5, 0.6) is 0 Å². The van der Waals surface area contributed by atoms with Crippen LogP contribution in [0.4, 0.5) is 5.82 Å². The van der Waals surface area contributed by atoms with Gasteiger partial charge in [0.25, 0.3) is 0 Å². The molecule has 0 bridgehead atoms. The maximum absolute atomic E-state index is 4.60. The molecule has 86 valence electrons. The second kappa shape index (κ2) is 4.14. The molecule has 0 radical (unpaired) electrons.